The molecule has 0 heterocycles. The maximum absolute atomic E-state index is 13.5. The molecular formula is C32H44FNO. The number of phenolic OH excluding ortho intramolecular Hbond substituents is 1. The number of fused-ring (bicyclic) bond motifs is 2. The molecule has 0 aliphatic carbocycles. The molecule has 0 atom stereocenters. The molecule has 0 radical (unpaired) electrons. The fraction of sp³-hybridized carbons (Fsp3) is 0.375. The predicted octanol–water partition coefficient (Wildman–Crippen LogP) is 10.0. The minimum atomic E-state index is -0.194. The predicted molar refractivity (Wildman–Crippen MR) is 154 cm³/mol. The van der Waals surface area contributed by atoms with Crippen LogP contribution in [0, 0.1) is 19.7 Å². The lowest BCUT2D eigenvalue weighted by Crippen LogP contribution is -1.96. The van der Waals surface area contributed by atoms with Crippen LogP contribution in [-0.2, 0) is 0 Å². The number of nitrogen functional groups attached to an aromatic ring is 1. The summed E-state index contributed by atoms with van der Waals surface area (Å²) < 4.78 is 13.5. The Balaban J connectivity index is 0.000000307. The number of halogens is 1. The lowest BCUT2D eigenvalue weighted by molar-refractivity contribution is 0.475. The number of hydrogen-bond acceptors (Lipinski definition) is 2. The van der Waals surface area contributed by atoms with Gasteiger partial charge in [-0.1, -0.05) is 85.7 Å². The molecule has 0 saturated carbocycles. The first kappa shape index (κ1) is 30.0. The van der Waals surface area contributed by atoms with E-state index in [0.717, 1.165) is 22.0 Å². The molecule has 4 rings (SSSR count). The maximum atomic E-state index is 13.5. The molecule has 4 aromatic rings. The number of anilines is 1. The van der Waals surface area contributed by atoms with Gasteiger partial charge in [-0.05, 0) is 93.7 Å². The zero-order valence-corrected chi connectivity index (χ0v) is 23.3. The van der Waals surface area contributed by atoms with Crippen molar-refractivity contribution in [2.45, 2.75) is 81.1 Å². The molecule has 190 valence electrons. The van der Waals surface area contributed by atoms with Gasteiger partial charge in [0.1, 0.15) is 11.6 Å². The van der Waals surface area contributed by atoms with Gasteiger partial charge in [-0.25, -0.2) is 4.39 Å². The highest BCUT2D eigenvalue weighted by atomic mass is 19.1. The number of benzene rings is 4. The summed E-state index contributed by atoms with van der Waals surface area (Å²) in [6.07, 6.45) is 0. The van der Waals surface area contributed by atoms with E-state index in [1.54, 1.807) is 25.1 Å². The highest BCUT2D eigenvalue weighted by Crippen LogP contribution is 2.33. The monoisotopic (exact) mass is 477 g/mol. The van der Waals surface area contributed by atoms with Gasteiger partial charge in [0, 0.05) is 5.69 Å². The highest BCUT2D eigenvalue weighted by molar-refractivity contribution is 5.93. The van der Waals surface area contributed by atoms with E-state index >= 15 is 0 Å². The van der Waals surface area contributed by atoms with Crippen LogP contribution in [-0.4, -0.2) is 5.11 Å². The summed E-state index contributed by atoms with van der Waals surface area (Å²) >= 11 is 0. The van der Waals surface area contributed by atoms with E-state index in [0.29, 0.717) is 11.5 Å². The number of nitrogens with two attached hydrogens (primary N) is 1. The first-order valence-electron chi connectivity index (χ1n) is 12.8. The second-order valence-corrected chi connectivity index (χ2v) is 8.84. The minimum absolute atomic E-state index is 0.194. The van der Waals surface area contributed by atoms with Crippen LogP contribution in [0.25, 0.3) is 21.5 Å². The molecule has 35 heavy (non-hydrogen) atoms. The molecule has 0 aliphatic rings. The van der Waals surface area contributed by atoms with Gasteiger partial charge in [0.25, 0.3) is 0 Å². The van der Waals surface area contributed by atoms with Crippen molar-refractivity contribution in [2.24, 2.45) is 0 Å². The number of aryl methyl sites for hydroxylation is 2. The third-order valence-corrected chi connectivity index (χ3v) is 5.96. The summed E-state index contributed by atoms with van der Waals surface area (Å²) in [7, 11) is 0. The van der Waals surface area contributed by atoms with Crippen LogP contribution in [0.2, 0.25) is 0 Å². The molecular weight excluding hydrogens is 433 g/mol. The molecule has 0 aliphatic heterocycles. The normalized spacial score (nSPS) is 10.3. The van der Waals surface area contributed by atoms with Crippen LogP contribution in [0.1, 0.15) is 89.5 Å². The van der Waals surface area contributed by atoms with Crippen LogP contribution in [0.15, 0.2) is 54.6 Å². The number of rotatable bonds is 2. The zero-order chi connectivity index (χ0) is 26.9. The third-order valence-electron chi connectivity index (χ3n) is 5.96. The number of phenols is 1. The minimum Gasteiger partial charge on any atom is -0.508 e. The van der Waals surface area contributed by atoms with Crippen LogP contribution in [0.5, 0.6) is 5.75 Å². The molecule has 0 unspecified atom stereocenters. The highest BCUT2D eigenvalue weighted by Gasteiger charge is 2.12. The summed E-state index contributed by atoms with van der Waals surface area (Å²) in [5.74, 6) is 0.815. The number of hydrogen-bond donors (Lipinski definition) is 2. The molecule has 0 aromatic heterocycles. The van der Waals surface area contributed by atoms with Gasteiger partial charge in [-0.15, -0.1) is 0 Å². The van der Waals surface area contributed by atoms with Crippen molar-refractivity contribution >= 4 is 27.2 Å². The Kier molecular flexibility index (Phi) is 11.7. The first-order chi connectivity index (χ1) is 16.6. The van der Waals surface area contributed by atoms with Crippen molar-refractivity contribution in [3.63, 3.8) is 0 Å². The fourth-order valence-electron chi connectivity index (χ4n) is 4.15. The quantitative estimate of drug-likeness (QED) is 0.282. The summed E-state index contributed by atoms with van der Waals surface area (Å²) in [6.45, 7) is 20.4. The molecule has 0 bridgehead atoms. The van der Waals surface area contributed by atoms with Gasteiger partial charge in [0.15, 0.2) is 0 Å². The molecule has 3 heteroatoms. The Morgan fingerprint density at radius 3 is 1.80 bits per heavy atom. The van der Waals surface area contributed by atoms with Crippen LogP contribution >= 0.6 is 0 Å². The van der Waals surface area contributed by atoms with Crippen molar-refractivity contribution in [3.8, 4) is 5.75 Å². The van der Waals surface area contributed by atoms with E-state index in [1.165, 1.54) is 28.0 Å². The summed E-state index contributed by atoms with van der Waals surface area (Å²) in [5.41, 5.74) is 11.1. The van der Waals surface area contributed by atoms with E-state index < -0.39 is 0 Å². The summed E-state index contributed by atoms with van der Waals surface area (Å²) in [4.78, 5) is 0. The molecule has 2 nitrogen and oxygen atoms in total. The Morgan fingerprint density at radius 1 is 0.714 bits per heavy atom. The zero-order valence-electron chi connectivity index (χ0n) is 23.3. The van der Waals surface area contributed by atoms with Gasteiger partial charge in [-0.3, -0.25) is 0 Å². The second kappa shape index (κ2) is 13.7. The molecule has 3 N–H and O–H groups in total. The Hall–Kier alpha value is -3.07. The average molecular weight is 478 g/mol. The van der Waals surface area contributed by atoms with Gasteiger partial charge in [0.05, 0.1) is 0 Å². The summed E-state index contributed by atoms with van der Waals surface area (Å²) in [5, 5.41) is 14.1. The SMILES string of the molecule is CC.CC.Cc1c(F)ccc2cc(O)cc(C(C)C)c12.Cc1c(N)cc(C(C)C)c2ccccc12. The van der Waals surface area contributed by atoms with E-state index in [-0.39, 0.29) is 17.5 Å². The van der Waals surface area contributed by atoms with Gasteiger partial charge in [-0.2, -0.15) is 0 Å². The lowest BCUT2D eigenvalue weighted by atomic mass is 9.92. The molecule has 0 saturated heterocycles. The van der Waals surface area contributed by atoms with Crippen LogP contribution < -0.4 is 5.73 Å². The molecule has 0 spiro atoms. The molecule has 0 fully saturated rings. The second-order valence-electron chi connectivity index (χ2n) is 8.84. The molecule has 0 amide bonds. The largest absolute Gasteiger partial charge is 0.508 e. The van der Waals surface area contributed by atoms with E-state index in [9.17, 15) is 9.50 Å². The lowest BCUT2D eigenvalue weighted by Gasteiger charge is -2.14. The smallest absolute Gasteiger partial charge is 0.126 e. The van der Waals surface area contributed by atoms with Crippen molar-refractivity contribution < 1.29 is 9.50 Å². The van der Waals surface area contributed by atoms with Crippen molar-refractivity contribution in [1.29, 1.82) is 0 Å². The van der Waals surface area contributed by atoms with Gasteiger partial charge < -0.3 is 10.8 Å². The summed E-state index contributed by atoms with van der Waals surface area (Å²) in [6, 6.07) is 17.1. The van der Waals surface area contributed by atoms with Crippen molar-refractivity contribution in [3.05, 3.63) is 82.7 Å². The van der Waals surface area contributed by atoms with E-state index in [1.807, 2.05) is 41.5 Å². The number of aromatic hydroxyl groups is 1. The Morgan fingerprint density at radius 2 is 1.26 bits per heavy atom. The Labute approximate surface area is 212 Å². The van der Waals surface area contributed by atoms with Crippen LogP contribution in [0.3, 0.4) is 0 Å². The fourth-order valence-corrected chi connectivity index (χ4v) is 4.15. The van der Waals surface area contributed by atoms with Gasteiger partial charge >= 0.3 is 0 Å². The maximum Gasteiger partial charge on any atom is 0.126 e. The van der Waals surface area contributed by atoms with Crippen LogP contribution in [0.4, 0.5) is 10.1 Å². The topological polar surface area (TPSA) is 46.2 Å². The van der Waals surface area contributed by atoms with E-state index in [2.05, 4.69) is 51.1 Å². The third kappa shape index (κ3) is 6.97. The van der Waals surface area contributed by atoms with Crippen molar-refractivity contribution in [2.75, 3.05) is 5.73 Å². The average Bonchev–Trinajstić information content (AvgIpc) is 2.86. The first-order valence-corrected chi connectivity index (χ1v) is 12.8. The standard InChI is InChI=1S/C14H15FO.C14H17N.2C2H6/c1-8(2)12-7-11(16)6-10-4-5-13(15)9(3)14(10)12;1-9(2)13-8-14(15)10(3)11-6-4-5-7-12(11)13;2*1-2/h4-8,16H,1-3H3;4-9H,15H2,1-3H3;2*1-2H3. The van der Waals surface area contributed by atoms with E-state index in [4.69, 9.17) is 5.73 Å². The van der Waals surface area contributed by atoms with Gasteiger partial charge in [0.2, 0.25) is 0 Å². The molecule has 4 aromatic carbocycles. The Bertz CT molecular complexity index is 1240. The van der Waals surface area contributed by atoms with Crippen molar-refractivity contribution in [1.82, 2.24) is 0 Å².